The van der Waals surface area contributed by atoms with E-state index in [1.807, 2.05) is 26.5 Å². The molecule has 2 bridgehead atoms. The number of rotatable bonds is 8. The maximum atomic E-state index is 14.3. The Morgan fingerprint density at radius 2 is 1.68 bits per heavy atom. The van der Waals surface area contributed by atoms with Gasteiger partial charge in [-0.15, -0.1) is 11.3 Å². The summed E-state index contributed by atoms with van der Waals surface area (Å²) < 4.78 is 5.54. The molecule has 4 aliphatic carbocycles. The van der Waals surface area contributed by atoms with Gasteiger partial charge in [-0.2, -0.15) is 0 Å². The van der Waals surface area contributed by atoms with Crippen LogP contribution in [0.25, 0.3) is 10.4 Å². The molecule has 0 spiro atoms. The number of fused-ring (bicyclic) bond motifs is 3. The van der Waals surface area contributed by atoms with Gasteiger partial charge >= 0.3 is 6.09 Å². The number of carboxylic acid groups (broad SMARTS) is 1. The first-order valence-electron chi connectivity index (χ1n) is 19.8. The molecule has 1 saturated heterocycles. The number of anilines is 1. The molecule has 288 valence electrons. The Bertz CT molecular complexity index is 1720. The molecule has 8 rings (SSSR count). The number of carbonyl (C=O) groups excluding carboxylic acids is 1. The zero-order valence-electron chi connectivity index (χ0n) is 33.1. The summed E-state index contributed by atoms with van der Waals surface area (Å²) in [6.45, 7) is 10.9. The first kappa shape index (κ1) is 39.2. The lowest BCUT2D eigenvalue weighted by atomic mass is 9.51. The number of methoxy groups -OCH3 is 1. The average Bonchev–Trinajstić information content (AvgIpc) is 3.87. The summed E-state index contributed by atoms with van der Waals surface area (Å²) >= 11 is 1.75. The van der Waals surface area contributed by atoms with Crippen LogP contribution in [0, 0.1) is 18.3 Å². The molecule has 5 fully saturated rings. The number of amides is 2. The topological polar surface area (TPSA) is 99.1 Å². The van der Waals surface area contributed by atoms with Crippen molar-refractivity contribution in [2.24, 2.45) is 11.3 Å². The number of pyridine rings is 1. The summed E-state index contributed by atoms with van der Waals surface area (Å²) in [5.41, 5.74) is 4.23. The van der Waals surface area contributed by atoms with Crippen molar-refractivity contribution in [3.05, 3.63) is 58.9 Å². The smallest absolute Gasteiger partial charge is 0.407 e. The highest BCUT2D eigenvalue weighted by molar-refractivity contribution is 7.15. The number of ether oxygens (including phenoxy) is 1. The summed E-state index contributed by atoms with van der Waals surface area (Å²) in [5.74, 6) is 2.19. The van der Waals surface area contributed by atoms with Crippen LogP contribution >= 0.6 is 11.3 Å². The van der Waals surface area contributed by atoms with Gasteiger partial charge in [0.25, 0.3) is 0 Å². The number of hydrogen-bond donors (Lipinski definition) is 1. The van der Waals surface area contributed by atoms with Gasteiger partial charge in [-0.3, -0.25) is 9.69 Å². The molecule has 5 aliphatic rings. The standard InChI is InChI=1S/C36H47N3O2S.C7H14N2O2/c1-25-21-28(11-12-29(25)41-5)36-17-14-35(15-18-36,16-19-36)24-39(32(40)26-9-7-6-8-10-26)31-22-27(13-20-37-31)30-23-38-33(42-30)34(2,3)4;1-8(2)6-3-4-9(5-6)7(10)11/h11-13,20-23,26H,6-10,14-19,24H2,1-5H3;6H,3-5H2,1-2H3,(H,10,11). The van der Waals surface area contributed by atoms with E-state index < -0.39 is 6.09 Å². The Labute approximate surface area is 321 Å². The molecule has 2 aromatic heterocycles. The maximum absolute atomic E-state index is 14.3. The van der Waals surface area contributed by atoms with E-state index >= 15 is 0 Å². The zero-order valence-corrected chi connectivity index (χ0v) is 33.9. The Hall–Kier alpha value is -3.50. The number of aromatic nitrogens is 2. The number of thiazole rings is 1. The second-order valence-electron chi connectivity index (χ2n) is 17.5. The van der Waals surface area contributed by atoms with Crippen LogP contribution in [0.5, 0.6) is 5.75 Å². The quantitative estimate of drug-likeness (QED) is 0.246. The third kappa shape index (κ3) is 8.75. The van der Waals surface area contributed by atoms with Gasteiger partial charge in [0.1, 0.15) is 11.6 Å². The van der Waals surface area contributed by atoms with E-state index in [0.29, 0.717) is 25.0 Å². The average molecular weight is 744 g/mol. The van der Waals surface area contributed by atoms with Crippen LogP contribution in [0.1, 0.15) is 114 Å². The lowest BCUT2D eigenvalue weighted by Crippen LogP contribution is -2.51. The number of aryl methyl sites for hydroxylation is 1. The number of benzene rings is 1. The lowest BCUT2D eigenvalue weighted by Gasteiger charge is -2.55. The fourth-order valence-electron chi connectivity index (χ4n) is 9.13. The van der Waals surface area contributed by atoms with Gasteiger partial charge in [0.15, 0.2) is 0 Å². The van der Waals surface area contributed by atoms with Gasteiger partial charge in [-0.25, -0.2) is 14.8 Å². The highest BCUT2D eigenvalue weighted by Crippen LogP contribution is 2.58. The second kappa shape index (κ2) is 16.1. The van der Waals surface area contributed by atoms with Crippen LogP contribution < -0.4 is 9.64 Å². The van der Waals surface area contributed by atoms with Gasteiger partial charge in [-0.05, 0) is 125 Å². The SMILES string of the molecule is CN(C)C1CCN(C(=O)O)C1.COc1ccc(C23CCC(CN(C(=O)C4CCCCC4)c4cc(-c5cnc(C(C)(C)C)s5)ccn4)(CC2)CC3)cc1C. The first-order chi connectivity index (χ1) is 25.2. The highest BCUT2D eigenvalue weighted by Gasteiger charge is 2.50. The Morgan fingerprint density at radius 3 is 2.23 bits per heavy atom. The minimum absolute atomic E-state index is 0.0165. The van der Waals surface area contributed by atoms with Gasteiger partial charge in [0.05, 0.1) is 17.0 Å². The molecule has 53 heavy (non-hydrogen) atoms. The molecule has 1 atom stereocenters. The fourth-order valence-corrected chi connectivity index (χ4v) is 10.1. The van der Waals surface area contributed by atoms with E-state index in [1.165, 1.54) is 41.7 Å². The van der Waals surface area contributed by atoms with Crippen molar-refractivity contribution in [1.29, 1.82) is 0 Å². The van der Waals surface area contributed by atoms with Gasteiger partial charge in [0.2, 0.25) is 5.91 Å². The normalized spacial score (nSPS) is 24.5. The number of likely N-dealkylation sites (tertiary alicyclic amines) is 1. The molecule has 3 heterocycles. The van der Waals surface area contributed by atoms with Crippen LogP contribution in [0.3, 0.4) is 0 Å². The van der Waals surface area contributed by atoms with Crippen molar-refractivity contribution >= 4 is 29.2 Å². The fraction of sp³-hybridized carbons (Fsp3) is 0.628. The maximum Gasteiger partial charge on any atom is 0.407 e. The van der Waals surface area contributed by atoms with E-state index in [0.717, 1.165) is 84.9 Å². The summed E-state index contributed by atoms with van der Waals surface area (Å²) in [7, 11) is 5.72. The third-order valence-electron chi connectivity index (χ3n) is 12.7. The summed E-state index contributed by atoms with van der Waals surface area (Å²) in [5, 5.41) is 9.75. The second-order valence-corrected chi connectivity index (χ2v) is 18.6. The van der Waals surface area contributed by atoms with E-state index in [9.17, 15) is 9.59 Å². The van der Waals surface area contributed by atoms with Crippen LogP contribution in [0.4, 0.5) is 10.6 Å². The summed E-state index contributed by atoms with van der Waals surface area (Å²) in [6.07, 6.45) is 16.7. The predicted molar refractivity (Wildman–Crippen MR) is 214 cm³/mol. The molecular formula is C43H61N5O4S. The van der Waals surface area contributed by atoms with E-state index in [-0.39, 0.29) is 22.2 Å². The lowest BCUT2D eigenvalue weighted by molar-refractivity contribution is -0.124. The van der Waals surface area contributed by atoms with Crippen LogP contribution in [0.15, 0.2) is 42.7 Å². The molecule has 9 nitrogen and oxygen atoms in total. The highest BCUT2D eigenvalue weighted by atomic mass is 32.1. The minimum atomic E-state index is -0.797. The molecule has 1 unspecified atom stereocenters. The minimum Gasteiger partial charge on any atom is -0.496 e. The summed E-state index contributed by atoms with van der Waals surface area (Å²) in [6, 6.07) is 11.4. The Morgan fingerprint density at radius 1 is 0.981 bits per heavy atom. The number of likely N-dealkylation sites (N-methyl/N-ethyl adjacent to an activating group) is 1. The van der Waals surface area contributed by atoms with Gasteiger partial charge < -0.3 is 19.6 Å². The monoisotopic (exact) mass is 743 g/mol. The Kier molecular flexibility index (Phi) is 11.9. The largest absolute Gasteiger partial charge is 0.496 e. The molecule has 0 radical (unpaired) electrons. The molecule has 3 aromatic rings. The molecule has 1 aromatic carbocycles. The molecular weight excluding hydrogens is 683 g/mol. The molecule has 10 heteroatoms. The molecule has 1 N–H and O–H groups in total. The summed E-state index contributed by atoms with van der Waals surface area (Å²) in [4.78, 5) is 41.1. The third-order valence-corrected chi connectivity index (χ3v) is 14.2. The Balaban J connectivity index is 0.000000376. The van der Waals surface area contributed by atoms with Crippen molar-refractivity contribution in [1.82, 2.24) is 19.8 Å². The molecule has 1 aliphatic heterocycles. The van der Waals surface area contributed by atoms with Crippen molar-refractivity contribution in [3.63, 3.8) is 0 Å². The number of hydrogen-bond acceptors (Lipinski definition) is 7. The molecule has 4 saturated carbocycles. The van der Waals surface area contributed by atoms with E-state index in [2.05, 4.69) is 67.8 Å². The number of carbonyl (C=O) groups is 2. The van der Waals surface area contributed by atoms with Crippen LogP contribution in [0.2, 0.25) is 0 Å². The van der Waals surface area contributed by atoms with Crippen LogP contribution in [-0.4, -0.2) is 83.8 Å². The van der Waals surface area contributed by atoms with Gasteiger partial charge in [-0.1, -0.05) is 52.2 Å². The van der Waals surface area contributed by atoms with Crippen molar-refractivity contribution in [2.75, 3.05) is 45.7 Å². The van der Waals surface area contributed by atoms with Crippen LogP contribution in [-0.2, 0) is 15.6 Å². The van der Waals surface area contributed by atoms with Gasteiger partial charge in [0, 0.05) is 49.4 Å². The van der Waals surface area contributed by atoms with Crippen molar-refractivity contribution in [2.45, 2.75) is 122 Å². The van der Waals surface area contributed by atoms with E-state index in [4.69, 9.17) is 19.8 Å². The van der Waals surface area contributed by atoms with Crippen molar-refractivity contribution < 1.29 is 19.4 Å². The zero-order chi connectivity index (χ0) is 38.0. The molecule has 2 amide bonds. The predicted octanol–water partition coefficient (Wildman–Crippen LogP) is 9.33. The number of nitrogens with zero attached hydrogens (tertiary/aromatic N) is 5. The first-order valence-corrected chi connectivity index (χ1v) is 20.6. The van der Waals surface area contributed by atoms with Crippen molar-refractivity contribution in [3.8, 4) is 16.2 Å². The van der Waals surface area contributed by atoms with E-state index in [1.54, 1.807) is 18.4 Å².